The van der Waals surface area contributed by atoms with Crippen molar-refractivity contribution >= 4 is 27.5 Å². The highest BCUT2D eigenvalue weighted by atomic mass is 35.5. The molecule has 5 nitrogen and oxygen atoms in total. The summed E-state index contributed by atoms with van der Waals surface area (Å²) in [5, 5.41) is 0.397. The van der Waals surface area contributed by atoms with Crippen molar-refractivity contribution in [2.45, 2.75) is 31.9 Å². The summed E-state index contributed by atoms with van der Waals surface area (Å²) in [4.78, 5) is 11.1. The molecule has 21 heavy (non-hydrogen) atoms. The Balaban J connectivity index is 2.87. The molecule has 0 aliphatic heterocycles. The zero-order valence-corrected chi connectivity index (χ0v) is 13.7. The summed E-state index contributed by atoms with van der Waals surface area (Å²) >= 11 is 5.99. The Morgan fingerprint density at radius 2 is 1.95 bits per heavy atom. The quantitative estimate of drug-likeness (QED) is 0.703. The van der Waals surface area contributed by atoms with E-state index in [1.54, 1.807) is 24.3 Å². The third-order valence-corrected chi connectivity index (χ3v) is 5.18. The summed E-state index contributed by atoms with van der Waals surface area (Å²) < 4.78 is 26.0. The van der Waals surface area contributed by atoms with Crippen molar-refractivity contribution < 1.29 is 13.2 Å². The standard InChI is InChI=1S/C14H21ClN2O3S/c1-2-3-6-9-17(10-14(16)18)21(19,20)11-12-7-4-5-8-13(12)15/h4-5,7-8H,2-3,6,9-11H2,1H3,(H2,16,18). The largest absolute Gasteiger partial charge is 0.369 e. The first-order chi connectivity index (χ1) is 9.86. The third-order valence-electron chi connectivity index (χ3n) is 3.03. The van der Waals surface area contributed by atoms with Gasteiger partial charge in [0, 0.05) is 11.6 Å². The fraction of sp³-hybridized carbons (Fsp3) is 0.500. The van der Waals surface area contributed by atoms with Crippen LogP contribution in [0.25, 0.3) is 0 Å². The highest BCUT2D eigenvalue weighted by Gasteiger charge is 2.24. The molecule has 0 atom stereocenters. The minimum Gasteiger partial charge on any atom is -0.369 e. The highest BCUT2D eigenvalue weighted by molar-refractivity contribution is 7.88. The first-order valence-corrected chi connectivity index (χ1v) is 8.85. The SMILES string of the molecule is CCCCCN(CC(N)=O)S(=O)(=O)Cc1ccccc1Cl. The second-order valence-electron chi connectivity index (χ2n) is 4.85. The first-order valence-electron chi connectivity index (χ1n) is 6.86. The molecule has 0 spiro atoms. The van der Waals surface area contributed by atoms with Crippen LogP contribution in [0.15, 0.2) is 24.3 Å². The number of benzene rings is 1. The van der Waals surface area contributed by atoms with Gasteiger partial charge in [0.05, 0.1) is 12.3 Å². The number of hydrogen-bond donors (Lipinski definition) is 1. The molecular weight excluding hydrogens is 312 g/mol. The predicted octanol–water partition coefficient (Wildman–Crippen LogP) is 2.15. The van der Waals surface area contributed by atoms with E-state index in [-0.39, 0.29) is 12.3 Å². The Morgan fingerprint density at radius 3 is 2.52 bits per heavy atom. The minimum absolute atomic E-state index is 0.230. The van der Waals surface area contributed by atoms with Gasteiger partial charge in [-0.15, -0.1) is 0 Å². The number of carbonyl (C=O) groups is 1. The fourth-order valence-corrected chi connectivity index (χ4v) is 3.77. The monoisotopic (exact) mass is 332 g/mol. The molecule has 0 saturated carbocycles. The van der Waals surface area contributed by atoms with Crippen molar-refractivity contribution in [3.8, 4) is 0 Å². The lowest BCUT2D eigenvalue weighted by atomic mass is 10.2. The van der Waals surface area contributed by atoms with Gasteiger partial charge >= 0.3 is 0 Å². The van der Waals surface area contributed by atoms with E-state index in [2.05, 4.69) is 0 Å². The van der Waals surface area contributed by atoms with Gasteiger partial charge in [-0.1, -0.05) is 49.6 Å². The van der Waals surface area contributed by atoms with Gasteiger partial charge in [-0.25, -0.2) is 8.42 Å². The molecule has 7 heteroatoms. The van der Waals surface area contributed by atoms with E-state index >= 15 is 0 Å². The molecule has 118 valence electrons. The minimum atomic E-state index is -3.63. The number of rotatable bonds is 9. The Labute approximate surface area is 131 Å². The molecule has 2 N–H and O–H groups in total. The molecule has 1 aromatic rings. The average molecular weight is 333 g/mol. The molecule has 1 aromatic carbocycles. The summed E-state index contributed by atoms with van der Waals surface area (Å²) in [7, 11) is -3.63. The Bertz CT molecular complexity index is 575. The van der Waals surface area contributed by atoms with Gasteiger partial charge in [-0.2, -0.15) is 4.31 Å². The van der Waals surface area contributed by atoms with E-state index in [0.29, 0.717) is 23.6 Å². The van der Waals surface area contributed by atoms with Crippen LogP contribution >= 0.6 is 11.6 Å². The molecule has 0 radical (unpaired) electrons. The maximum atomic E-state index is 12.4. The molecule has 0 fully saturated rings. The Hall–Kier alpha value is -1.11. The second kappa shape index (κ2) is 8.36. The molecule has 0 heterocycles. The maximum Gasteiger partial charge on any atom is 0.232 e. The average Bonchev–Trinajstić information content (AvgIpc) is 2.40. The second-order valence-corrected chi connectivity index (χ2v) is 7.23. The van der Waals surface area contributed by atoms with Gasteiger partial charge in [0.2, 0.25) is 15.9 Å². The van der Waals surface area contributed by atoms with Crippen LogP contribution in [0.1, 0.15) is 31.7 Å². The lowest BCUT2D eigenvalue weighted by Gasteiger charge is -2.21. The molecule has 1 rings (SSSR count). The van der Waals surface area contributed by atoms with Crippen molar-refractivity contribution in [1.82, 2.24) is 4.31 Å². The number of primary amides is 1. The fourth-order valence-electron chi connectivity index (χ4n) is 1.93. The van der Waals surface area contributed by atoms with Gasteiger partial charge < -0.3 is 5.73 Å². The Kier molecular flexibility index (Phi) is 7.14. The highest BCUT2D eigenvalue weighted by Crippen LogP contribution is 2.19. The molecule has 0 aliphatic rings. The zero-order valence-electron chi connectivity index (χ0n) is 12.1. The van der Waals surface area contributed by atoms with Crippen LogP contribution in [0.4, 0.5) is 0 Å². The molecule has 0 aliphatic carbocycles. The van der Waals surface area contributed by atoms with Crippen molar-refractivity contribution in [2.75, 3.05) is 13.1 Å². The van der Waals surface area contributed by atoms with Gasteiger partial charge in [-0.05, 0) is 18.1 Å². The van der Waals surface area contributed by atoms with E-state index in [4.69, 9.17) is 17.3 Å². The van der Waals surface area contributed by atoms with Crippen molar-refractivity contribution in [3.05, 3.63) is 34.9 Å². The summed E-state index contributed by atoms with van der Waals surface area (Å²) in [6, 6.07) is 6.77. The number of unbranched alkanes of at least 4 members (excludes halogenated alkanes) is 2. The smallest absolute Gasteiger partial charge is 0.232 e. The predicted molar refractivity (Wildman–Crippen MR) is 84.4 cm³/mol. The number of carbonyl (C=O) groups excluding carboxylic acids is 1. The zero-order chi connectivity index (χ0) is 15.9. The van der Waals surface area contributed by atoms with Crippen LogP contribution in [0.3, 0.4) is 0 Å². The molecular formula is C14H21ClN2O3S. The maximum absolute atomic E-state index is 12.4. The lowest BCUT2D eigenvalue weighted by Crippen LogP contribution is -2.39. The van der Waals surface area contributed by atoms with Crippen LogP contribution in [0.5, 0.6) is 0 Å². The van der Waals surface area contributed by atoms with Crippen LogP contribution < -0.4 is 5.73 Å². The topological polar surface area (TPSA) is 80.5 Å². The summed E-state index contributed by atoms with van der Waals surface area (Å²) in [6.45, 7) is 2.02. The number of nitrogens with zero attached hydrogens (tertiary/aromatic N) is 1. The number of nitrogens with two attached hydrogens (primary N) is 1. The van der Waals surface area contributed by atoms with Crippen molar-refractivity contribution in [1.29, 1.82) is 0 Å². The van der Waals surface area contributed by atoms with Crippen LogP contribution in [0.2, 0.25) is 5.02 Å². The first kappa shape index (κ1) is 17.9. The molecule has 0 saturated heterocycles. The molecule has 0 aromatic heterocycles. The molecule has 0 bridgehead atoms. The number of halogens is 1. The number of sulfonamides is 1. The van der Waals surface area contributed by atoms with Crippen LogP contribution in [0, 0.1) is 0 Å². The van der Waals surface area contributed by atoms with Gasteiger partial charge in [0.25, 0.3) is 0 Å². The van der Waals surface area contributed by atoms with E-state index in [1.807, 2.05) is 6.92 Å². The van der Waals surface area contributed by atoms with E-state index in [9.17, 15) is 13.2 Å². The summed E-state index contributed by atoms with van der Waals surface area (Å²) in [6.07, 6.45) is 2.57. The van der Waals surface area contributed by atoms with Crippen molar-refractivity contribution in [2.24, 2.45) is 5.73 Å². The normalized spacial score (nSPS) is 11.8. The van der Waals surface area contributed by atoms with Gasteiger partial charge in [0.15, 0.2) is 0 Å². The number of hydrogen-bond acceptors (Lipinski definition) is 3. The molecule has 0 unspecified atom stereocenters. The third kappa shape index (κ3) is 6.03. The lowest BCUT2D eigenvalue weighted by molar-refractivity contribution is -0.118. The van der Waals surface area contributed by atoms with Crippen LogP contribution in [-0.2, 0) is 20.6 Å². The van der Waals surface area contributed by atoms with E-state index in [1.165, 1.54) is 0 Å². The van der Waals surface area contributed by atoms with E-state index < -0.39 is 15.9 Å². The van der Waals surface area contributed by atoms with Crippen LogP contribution in [-0.4, -0.2) is 31.7 Å². The van der Waals surface area contributed by atoms with Crippen molar-refractivity contribution in [3.63, 3.8) is 0 Å². The van der Waals surface area contributed by atoms with Gasteiger partial charge in [-0.3, -0.25) is 4.79 Å². The Morgan fingerprint density at radius 1 is 1.29 bits per heavy atom. The summed E-state index contributed by atoms with van der Waals surface area (Å²) in [5.74, 6) is -0.888. The number of amides is 1. The van der Waals surface area contributed by atoms with E-state index in [0.717, 1.165) is 17.1 Å². The summed E-state index contributed by atoms with van der Waals surface area (Å²) in [5.41, 5.74) is 5.66. The van der Waals surface area contributed by atoms with Gasteiger partial charge in [0.1, 0.15) is 0 Å². The molecule has 1 amide bonds.